The second-order valence-electron chi connectivity index (χ2n) is 17.4. The molecular weight excluding hydrogens is 951 g/mol. The Kier molecular flexibility index (Phi) is 10.9. The van der Waals surface area contributed by atoms with Crippen molar-refractivity contribution in [2.75, 3.05) is 29.0 Å². The highest BCUT2D eigenvalue weighted by Crippen LogP contribution is 2.68. The van der Waals surface area contributed by atoms with Gasteiger partial charge in [-0.25, -0.2) is 35.9 Å². The number of halogens is 10. The van der Waals surface area contributed by atoms with Crippen LogP contribution in [0.1, 0.15) is 67.0 Å². The van der Waals surface area contributed by atoms with Crippen LogP contribution >= 0.6 is 11.6 Å². The van der Waals surface area contributed by atoms with E-state index in [-0.39, 0.29) is 62.7 Å². The number of anilines is 2. The predicted molar refractivity (Wildman–Crippen MR) is 223 cm³/mol. The highest BCUT2D eigenvalue weighted by atomic mass is 35.5. The van der Waals surface area contributed by atoms with Crippen LogP contribution < -0.4 is 20.5 Å². The van der Waals surface area contributed by atoms with Gasteiger partial charge in [-0.2, -0.15) is 32.1 Å². The number of morpholine rings is 1. The Bertz CT molecular complexity index is 3190. The molecule has 2 aliphatic carbocycles. The molecular formula is C41H36ClF9N10O5S. The van der Waals surface area contributed by atoms with Gasteiger partial charge in [-0.3, -0.25) is 28.2 Å². The third-order valence-electron chi connectivity index (χ3n) is 11.8. The standard InChI is InChI=1S/C41H36ClF9N10O5S/c1-39(2)16-59(14-26(66-39)41(49,50)51)27-8-5-20-35(53-27)54-37(61(38(20)63)25-7-6-23(42)30-32(25)58(3)56-36(30)57-67(4,64)65)24(11-17-9-18(43)12-19(44)10-17)52-28(62)15-60-33-29(31(55-60)34(45)46)21-13-22(21)40(33,47)48/h5-10,12,21-22,24,26,34H,11,13-16H2,1-4H3,(H,52,62)(H,56,57)/t21-,22+,24-,26?/m0/s1. The zero-order valence-corrected chi connectivity index (χ0v) is 36.8. The molecule has 356 valence electrons. The van der Waals surface area contributed by atoms with Gasteiger partial charge in [0.1, 0.15) is 41.2 Å². The summed E-state index contributed by atoms with van der Waals surface area (Å²) in [6.07, 6.45) is -10.1. The van der Waals surface area contributed by atoms with Gasteiger partial charge in [0, 0.05) is 37.6 Å². The average molecular weight is 987 g/mol. The molecule has 2 aromatic carbocycles. The lowest BCUT2D eigenvalue weighted by Crippen LogP contribution is -2.57. The molecule has 5 heterocycles. The van der Waals surface area contributed by atoms with Gasteiger partial charge in [-0.1, -0.05) is 11.6 Å². The number of hydrogen-bond donors (Lipinski definition) is 2. The molecule has 1 aliphatic heterocycles. The van der Waals surface area contributed by atoms with Gasteiger partial charge in [-0.05, 0) is 68.1 Å². The van der Waals surface area contributed by atoms with Crippen molar-refractivity contribution in [2.45, 2.75) is 75.4 Å². The number of hydrogen-bond acceptors (Lipinski definition) is 10. The Morgan fingerprint density at radius 1 is 1.04 bits per heavy atom. The zero-order valence-electron chi connectivity index (χ0n) is 35.3. The maximum atomic E-state index is 15.6. The SMILES string of the molecule is Cn1nc(NS(C)(=O)=O)c2c(Cl)ccc(-n3c([C@H](Cc4cc(F)cc(F)c4)NC(=O)Cn4nc(C(F)F)c5c4C(F)(F)[C@@H]4C[C@H]54)nc4nc(N5CC(C(F)(F)F)OC(C)(C)C5)ccc4c3=O)c21. The van der Waals surface area contributed by atoms with E-state index in [1.54, 1.807) is 0 Å². The first kappa shape index (κ1) is 46.2. The van der Waals surface area contributed by atoms with E-state index in [1.807, 2.05) is 0 Å². The number of rotatable bonds is 11. The van der Waals surface area contributed by atoms with Crippen LogP contribution in [0.4, 0.5) is 51.1 Å². The van der Waals surface area contributed by atoms with Crippen LogP contribution in [0.2, 0.25) is 5.02 Å². The Morgan fingerprint density at radius 3 is 2.40 bits per heavy atom. The van der Waals surface area contributed by atoms with E-state index in [0.717, 1.165) is 23.0 Å². The van der Waals surface area contributed by atoms with Gasteiger partial charge in [0.25, 0.3) is 17.9 Å². The minimum absolute atomic E-state index is 0.00391. The number of fused-ring (bicyclic) bond motifs is 5. The molecule has 3 aliphatic rings. The molecule has 67 heavy (non-hydrogen) atoms. The lowest BCUT2D eigenvalue weighted by Gasteiger charge is -2.43. The quantitative estimate of drug-likeness (QED) is 0.129. The molecule has 15 nitrogen and oxygen atoms in total. The summed E-state index contributed by atoms with van der Waals surface area (Å²) < 4.78 is 166. The number of alkyl halides is 7. The maximum absolute atomic E-state index is 15.6. The summed E-state index contributed by atoms with van der Waals surface area (Å²) in [5.41, 5.74) is -5.10. The number of nitrogens with zero attached hydrogens (tertiary/aromatic N) is 8. The fraction of sp³-hybridized carbons (Fsp3) is 0.415. The third kappa shape index (κ3) is 8.42. The van der Waals surface area contributed by atoms with E-state index < -0.39 is 124 Å². The summed E-state index contributed by atoms with van der Waals surface area (Å²) in [4.78, 5) is 39.7. The number of benzene rings is 2. The van der Waals surface area contributed by atoms with Crippen LogP contribution in [0.15, 0.2) is 47.3 Å². The highest BCUT2D eigenvalue weighted by Gasteiger charge is 2.67. The fourth-order valence-electron chi connectivity index (χ4n) is 9.16. The minimum Gasteiger partial charge on any atom is -0.359 e. The van der Waals surface area contributed by atoms with Crippen molar-refractivity contribution in [3.8, 4) is 5.69 Å². The number of aromatic nitrogens is 7. The molecule has 9 rings (SSSR count). The van der Waals surface area contributed by atoms with Crippen molar-refractivity contribution < 1.29 is 57.5 Å². The van der Waals surface area contributed by atoms with Gasteiger partial charge >= 0.3 is 6.18 Å². The molecule has 1 saturated carbocycles. The number of nitrogens with one attached hydrogen (secondary N) is 2. The number of ether oxygens (including phenoxy) is 1. The smallest absolute Gasteiger partial charge is 0.359 e. The number of sulfonamides is 1. The maximum Gasteiger partial charge on any atom is 0.416 e. The summed E-state index contributed by atoms with van der Waals surface area (Å²) in [6.45, 7) is 0.975. The van der Waals surface area contributed by atoms with Gasteiger partial charge in [0.2, 0.25) is 15.9 Å². The number of carbonyl (C=O) groups excluding carboxylic acids is 1. The van der Waals surface area contributed by atoms with Crippen LogP contribution in [0.3, 0.4) is 0 Å². The minimum atomic E-state index is -4.78. The van der Waals surface area contributed by atoms with Crippen molar-refractivity contribution in [1.82, 2.24) is 39.4 Å². The Balaban J connectivity index is 1.25. The van der Waals surface area contributed by atoms with Crippen molar-refractivity contribution in [1.29, 1.82) is 0 Å². The summed E-state index contributed by atoms with van der Waals surface area (Å²) >= 11 is 6.60. The largest absolute Gasteiger partial charge is 0.416 e. The third-order valence-corrected chi connectivity index (χ3v) is 12.6. The first-order valence-corrected chi connectivity index (χ1v) is 22.6. The van der Waals surface area contributed by atoms with E-state index in [4.69, 9.17) is 16.3 Å². The van der Waals surface area contributed by atoms with Gasteiger partial charge in [-0.15, -0.1) is 0 Å². The van der Waals surface area contributed by atoms with Crippen LogP contribution in [-0.4, -0.2) is 85.6 Å². The number of amides is 1. The molecule has 0 spiro atoms. The Labute approximate surface area is 377 Å². The molecule has 2 N–H and O–H groups in total. The highest BCUT2D eigenvalue weighted by molar-refractivity contribution is 7.92. The van der Waals surface area contributed by atoms with Crippen molar-refractivity contribution in [3.63, 3.8) is 0 Å². The van der Waals surface area contributed by atoms with Crippen LogP contribution in [0.25, 0.3) is 27.6 Å². The lowest BCUT2D eigenvalue weighted by molar-refractivity contribution is -0.251. The van der Waals surface area contributed by atoms with Crippen LogP contribution in [-0.2, 0) is 45.5 Å². The molecule has 6 aromatic rings. The molecule has 1 saturated heterocycles. The molecule has 26 heteroatoms. The molecule has 4 atom stereocenters. The molecule has 0 radical (unpaired) electrons. The van der Waals surface area contributed by atoms with E-state index >= 15 is 13.6 Å². The van der Waals surface area contributed by atoms with Crippen LogP contribution in [0, 0.1) is 17.6 Å². The van der Waals surface area contributed by atoms with Gasteiger partial charge in [0.15, 0.2) is 17.6 Å². The van der Waals surface area contributed by atoms with E-state index in [2.05, 4.69) is 30.2 Å². The van der Waals surface area contributed by atoms with Crippen LogP contribution in [0.5, 0.6) is 0 Å². The zero-order chi connectivity index (χ0) is 48.4. The molecule has 1 unspecified atom stereocenters. The predicted octanol–water partition coefficient (Wildman–Crippen LogP) is 6.96. The van der Waals surface area contributed by atoms with E-state index in [1.165, 1.54) is 54.7 Å². The molecule has 4 aromatic heterocycles. The first-order chi connectivity index (χ1) is 31.2. The first-order valence-electron chi connectivity index (χ1n) is 20.3. The normalized spacial score (nSPS) is 20.3. The summed E-state index contributed by atoms with van der Waals surface area (Å²) in [7, 11) is -2.61. The number of pyridine rings is 1. The Morgan fingerprint density at radius 2 is 1.75 bits per heavy atom. The summed E-state index contributed by atoms with van der Waals surface area (Å²) in [6, 6.07) is 5.77. The van der Waals surface area contributed by atoms with Crippen molar-refractivity contribution in [3.05, 3.63) is 97.8 Å². The average Bonchev–Trinajstić information content (AvgIpc) is 3.74. The molecule has 2 fully saturated rings. The monoisotopic (exact) mass is 986 g/mol. The van der Waals surface area contributed by atoms with Crippen molar-refractivity contribution in [2.24, 2.45) is 13.0 Å². The second kappa shape index (κ2) is 15.8. The number of aryl methyl sites for hydroxylation is 1. The van der Waals surface area contributed by atoms with Gasteiger partial charge in [0.05, 0.1) is 51.4 Å². The van der Waals surface area contributed by atoms with E-state index in [9.17, 15) is 43.9 Å². The van der Waals surface area contributed by atoms with Gasteiger partial charge < -0.3 is 15.0 Å². The topological polar surface area (TPSA) is 171 Å². The summed E-state index contributed by atoms with van der Waals surface area (Å²) in [5.74, 6) is -9.89. The lowest BCUT2D eigenvalue weighted by atomic mass is 10.0. The summed E-state index contributed by atoms with van der Waals surface area (Å²) in [5, 5.41) is 10.2. The molecule has 0 bridgehead atoms. The Hall–Kier alpha value is -5.95. The number of carbonyl (C=O) groups is 1. The van der Waals surface area contributed by atoms with E-state index in [0.29, 0.717) is 10.7 Å². The van der Waals surface area contributed by atoms with Crippen molar-refractivity contribution >= 4 is 61.1 Å². The fourth-order valence-corrected chi connectivity index (χ4v) is 9.89. The molecule has 1 amide bonds. The second-order valence-corrected chi connectivity index (χ2v) is 19.5.